The fourth-order valence-corrected chi connectivity index (χ4v) is 1.88. The molecule has 0 unspecified atom stereocenters. The van der Waals surface area contributed by atoms with Gasteiger partial charge in [0.1, 0.15) is 0 Å². The Hall–Kier alpha value is -1.75. The molecule has 0 atom stereocenters. The van der Waals surface area contributed by atoms with Gasteiger partial charge in [-0.15, -0.1) is 0 Å². The van der Waals surface area contributed by atoms with Crippen LogP contribution in [0.4, 0.5) is 0 Å². The molecule has 5 nitrogen and oxygen atoms in total. The fraction of sp³-hybridized carbons (Fsp3) is 0.562. The minimum atomic E-state index is -0.235. The number of ether oxygens (including phenoxy) is 2. The van der Waals surface area contributed by atoms with E-state index in [1.165, 1.54) is 0 Å². The Labute approximate surface area is 126 Å². The molecule has 1 aromatic carbocycles. The SMILES string of the molecule is CCC(C)(C)NC(=O)COc1c(CCN)cccc1OC. The molecule has 0 aromatic heterocycles. The molecule has 1 amide bonds. The van der Waals surface area contributed by atoms with Gasteiger partial charge in [-0.2, -0.15) is 0 Å². The van der Waals surface area contributed by atoms with Gasteiger partial charge in [-0.3, -0.25) is 4.79 Å². The van der Waals surface area contributed by atoms with Gasteiger partial charge < -0.3 is 20.5 Å². The predicted molar refractivity (Wildman–Crippen MR) is 83.8 cm³/mol. The molecular weight excluding hydrogens is 268 g/mol. The number of para-hydroxylation sites is 1. The molecule has 1 rings (SSSR count). The molecule has 0 aliphatic carbocycles. The predicted octanol–water partition coefficient (Wildman–Crippen LogP) is 1.88. The summed E-state index contributed by atoms with van der Waals surface area (Å²) in [4.78, 5) is 12.0. The lowest BCUT2D eigenvalue weighted by molar-refractivity contribution is -0.124. The summed E-state index contributed by atoms with van der Waals surface area (Å²) in [6.45, 7) is 6.46. The van der Waals surface area contributed by atoms with Gasteiger partial charge in [0.05, 0.1) is 7.11 Å². The summed E-state index contributed by atoms with van der Waals surface area (Å²) in [5.41, 5.74) is 6.31. The van der Waals surface area contributed by atoms with E-state index in [9.17, 15) is 4.79 Å². The Morgan fingerprint density at radius 1 is 1.38 bits per heavy atom. The van der Waals surface area contributed by atoms with Crippen molar-refractivity contribution in [2.24, 2.45) is 5.73 Å². The number of methoxy groups -OCH3 is 1. The van der Waals surface area contributed by atoms with E-state index >= 15 is 0 Å². The molecule has 1 aromatic rings. The highest BCUT2D eigenvalue weighted by atomic mass is 16.5. The van der Waals surface area contributed by atoms with Crippen LogP contribution in [0.3, 0.4) is 0 Å². The monoisotopic (exact) mass is 294 g/mol. The van der Waals surface area contributed by atoms with Crippen molar-refractivity contribution in [1.82, 2.24) is 5.32 Å². The number of carbonyl (C=O) groups excluding carboxylic acids is 1. The second-order valence-electron chi connectivity index (χ2n) is 5.56. The van der Waals surface area contributed by atoms with Gasteiger partial charge in [0.25, 0.3) is 5.91 Å². The first kappa shape index (κ1) is 17.3. The second-order valence-corrected chi connectivity index (χ2v) is 5.56. The Kier molecular flexibility index (Phi) is 6.49. The first-order valence-corrected chi connectivity index (χ1v) is 7.23. The zero-order valence-corrected chi connectivity index (χ0v) is 13.4. The van der Waals surface area contributed by atoms with E-state index in [0.717, 1.165) is 12.0 Å². The summed E-state index contributed by atoms with van der Waals surface area (Å²) in [5, 5.41) is 2.94. The number of carbonyl (C=O) groups is 1. The number of nitrogens with one attached hydrogen (secondary N) is 1. The third-order valence-electron chi connectivity index (χ3n) is 3.40. The van der Waals surface area contributed by atoms with E-state index in [2.05, 4.69) is 5.32 Å². The Morgan fingerprint density at radius 2 is 2.10 bits per heavy atom. The zero-order valence-electron chi connectivity index (χ0n) is 13.4. The first-order chi connectivity index (χ1) is 9.93. The zero-order chi connectivity index (χ0) is 15.9. The standard InChI is InChI=1S/C16H26N2O3/c1-5-16(2,3)18-14(19)11-21-15-12(9-10-17)7-6-8-13(15)20-4/h6-8H,5,9-11,17H2,1-4H3,(H,18,19). The van der Waals surface area contributed by atoms with Crippen LogP contribution in [-0.4, -0.2) is 31.7 Å². The molecule has 0 bridgehead atoms. The van der Waals surface area contributed by atoms with Gasteiger partial charge in [-0.05, 0) is 44.9 Å². The second kappa shape index (κ2) is 7.88. The molecule has 0 radical (unpaired) electrons. The number of hydrogen-bond acceptors (Lipinski definition) is 4. The molecular formula is C16H26N2O3. The average molecular weight is 294 g/mol. The highest BCUT2D eigenvalue weighted by molar-refractivity contribution is 5.78. The summed E-state index contributed by atoms with van der Waals surface area (Å²) in [7, 11) is 1.58. The van der Waals surface area contributed by atoms with Gasteiger partial charge in [-0.25, -0.2) is 0 Å². The third-order valence-corrected chi connectivity index (χ3v) is 3.40. The summed E-state index contributed by atoms with van der Waals surface area (Å²) in [6, 6.07) is 5.62. The van der Waals surface area contributed by atoms with E-state index < -0.39 is 0 Å². The maximum Gasteiger partial charge on any atom is 0.258 e. The summed E-state index contributed by atoms with van der Waals surface area (Å²) in [5.74, 6) is 1.06. The molecule has 5 heteroatoms. The highest BCUT2D eigenvalue weighted by Gasteiger charge is 2.19. The lowest BCUT2D eigenvalue weighted by Crippen LogP contribution is -2.44. The molecule has 0 aliphatic rings. The topological polar surface area (TPSA) is 73.6 Å². The van der Waals surface area contributed by atoms with Gasteiger partial charge >= 0.3 is 0 Å². The molecule has 21 heavy (non-hydrogen) atoms. The highest BCUT2D eigenvalue weighted by Crippen LogP contribution is 2.31. The lowest BCUT2D eigenvalue weighted by Gasteiger charge is -2.24. The van der Waals surface area contributed by atoms with Gasteiger partial charge in [0.2, 0.25) is 0 Å². The Balaban J connectivity index is 2.76. The Bertz CT molecular complexity index is 473. The molecule has 0 aliphatic heterocycles. The van der Waals surface area contributed by atoms with Crippen LogP contribution in [0.2, 0.25) is 0 Å². The minimum absolute atomic E-state index is 0.0403. The number of nitrogens with two attached hydrogens (primary N) is 1. The summed E-state index contributed by atoms with van der Waals surface area (Å²) < 4.78 is 11.0. The summed E-state index contributed by atoms with van der Waals surface area (Å²) in [6.07, 6.45) is 1.53. The largest absolute Gasteiger partial charge is 0.493 e. The maximum atomic E-state index is 12.0. The van der Waals surface area contributed by atoms with E-state index in [1.807, 2.05) is 39.0 Å². The molecule has 0 heterocycles. The number of benzene rings is 1. The average Bonchev–Trinajstić information content (AvgIpc) is 2.45. The van der Waals surface area contributed by atoms with Crippen molar-refractivity contribution in [2.45, 2.75) is 39.2 Å². The van der Waals surface area contributed by atoms with Crippen LogP contribution < -0.4 is 20.5 Å². The number of amides is 1. The quantitative estimate of drug-likeness (QED) is 0.768. The van der Waals surface area contributed by atoms with Crippen molar-refractivity contribution in [2.75, 3.05) is 20.3 Å². The maximum absolute atomic E-state index is 12.0. The van der Waals surface area contributed by atoms with Crippen LogP contribution in [-0.2, 0) is 11.2 Å². The van der Waals surface area contributed by atoms with Gasteiger partial charge in [0, 0.05) is 5.54 Å². The van der Waals surface area contributed by atoms with Crippen LogP contribution in [0.5, 0.6) is 11.5 Å². The van der Waals surface area contributed by atoms with Crippen molar-refractivity contribution in [3.8, 4) is 11.5 Å². The summed E-state index contributed by atoms with van der Waals surface area (Å²) >= 11 is 0. The third kappa shape index (κ3) is 5.27. The van der Waals surface area contributed by atoms with Crippen molar-refractivity contribution in [3.63, 3.8) is 0 Å². The van der Waals surface area contributed by atoms with Crippen molar-refractivity contribution in [1.29, 1.82) is 0 Å². The normalized spacial score (nSPS) is 11.1. The lowest BCUT2D eigenvalue weighted by atomic mass is 10.0. The molecule has 0 saturated heterocycles. The van der Waals surface area contributed by atoms with E-state index in [1.54, 1.807) is 7.11 Å². The smallest absolute Gasteiger partial charge is 0.258 e. The van der Waals surface area contributed by atoms with E-state index in [0.29, 0.717) is 24.5 Å². The molecule has 118 valence electrons. The van der Waals surface area contributed by atoms with Crippen LogP contribution in [0.15, 0.2) is 18.2 Å². The van der Waals surface area contributed by atoms with Gasteiger partial charge in [-0.1, -0.05) is 19.1 Å². The van der Waals surface area contributed by atoms with Crippen LogP contribution in [0.1, 0.15) is 32.8 Å². The number of hydrogen-bond donors (Lipinski definition) is 2. The van der Waals surface area contributed by atoms with Crippen LogP contribution in [0, 0.1) is 0 Å². The fourth-order valence-electron chi connectivity index (χ4n) is 1.88. The Morgan fingerprint density at radius 3 is 2.67 bits per heavy atom. The van der Waals surface area contributed by atoms with Crippen molar-refractivity contribution >= 4 is 5.91 Å². The van der Waals surface area contributed by atoms with Crippen molar-refractivity contribution < 1.29 is 14.3 Å². The molecule has 0 saturated carbocycles. The van der Waals surface area contributed by atoms with E-state index in [-0.39, 0.29) is 18.1 Å². The molecule has 0 fully saturated rings. The number of rotatable bonds is 8. The molecule has 3 N–H and O–H groups in total. The van der Waals surface area contributed by atoms with E-state index in [4.69, 9.17) is 15.2 Å². The van der Waals surface area contributed by atoms with Crippen LogP contribution >= 0.6 is 0 Å². The van der Waals surface area contributed by atoms with Crippen LogP contribution in [0.25, 0.3) is 0 Å². The van der Waals surface area contributed by atoms with Crippen molar-refractivity contribution in [3.05, 3.63) is 23.8 Å². The first-order valence-electron chi connectivity index (χ1n) is 7.23. The minimum Gasteiger partial charge on any atom is -0.493 e. The molecule has 0 spiro atoms. The van der Waals surface area contributed by atoms with Gasteiger partial charge in [0.15, 0.2) is 18.1 Å².